The van der Waals surface area contributed by atoms with Gasteiger partial charge in [0.05, 0.1) is 39.1 Å². The summed E-state index contributed by atoms with van der Waals surface area (Å²) in [5.74, 6) is -0.479. The molecule has 0 saturated carbocycles. The zero-order valence-corrected chi connectivity index (χ0v) is 34.1. The van der Waals surface area contributed by atoms with Crippen LogP contribution in [0.25, 0.3) is 0 Å². The third-order valence-electron chi connectivity index (χ3n) is 9.92. The third-order valence-corrected chi connectivity index (χ3v) is 9.92. The molecule has 3 aromatic rings. The van der Waals surface area contributed by atoms with Crippen molar-refractivity contribution in [2.24, 2.45) is 0 Å². The Bertz CT molecular complexity index is 1480. The summed E-state index contributed by atoms with van der Waals surface area (Å²) in [6, 6.07) is 29.5. The molecule has 0 spiro atoms. The normalized spacial score (nSPS) is 16.1. The summed E-state index contributed by atoms with van der Waals surface area (Å²) in [4.78, 5) is 13.2. The molecule has 1 aliphatic rings. The minimum atomic E-state index is -1.03. The first kappa shape index (κ1) is 45.1. The van der Waals surface area contributed by atoms with E-state index in [0.717, 1.165) is 75.3 Å². The molecule has 9 heteroatoms. The summed E-state index contributed by atoms with van der Waals surface area (Å²) in [6.45, 7) is 12.6. The van der Waals surface area contributed by atoms with E-state index in [1.807, 2.05) is 99.6 Å². The summed E-state index contributed by atoms with van der Waals surface area (Å²) in [7, 11) is 0. The van der Waals surface area contributed by atoms with Gasteiger partial charge in [-0.3, -0.25) is 0 Å². The van der Waals surface area contributed by atoms with Crippen LogP contribution in [0.3, 0.4) is 0 Å². The van der Waals surface area contributed by atoms with Crippen LogP contribution >= 0.6 is 0 Å². The second-order valence-electron chi connectivity index (χ2n) is 15.8. The lowest BCUT2D eigenvalue weighted by molar-refractivity contribution is -0.170. The standard InChI is InChI=1S/C47H67NO8/c1-5-42(49)44(53-37-40-27-18-13-19-28-40)43(52-36-39-25-16-12-17-26-39)41(48-45(50)56-46(2,3)4)29-20-9-7-6-8-10-21-30-47(54-33-34-55-47)31-22-32-51-35-38-23-14-11-15-24-38/h5,11-19,23-28,41-44,49H,1,6-10,20-22,29-37H2,2-4H3,(H,48,50)/t41-,42+,43-,44-/m1/s1. The summed E-state index contributed by atoms with van der Waals surface area (Å²) in [5, 5.41) is 14.3. The lowest BCUT2D eigenvalue weighted by Crippen LogP contribution is -2.54. The number of benzene rings is 3. The van der Waals surface area contributed by atoms with Gasteiger partial charge in [-0.05, 0) is 56.7 Å². The Morgan fingerprint density at radius 2 is 1.21 bits per heavy atom. The molecule has 0 aliphatic carbocycles. The first-order valence-electron chi connectivity index (χ1n) is 20.7. The molecule has 1 amide bonds. The summed E-state index contributed by atoms with van der Waals surface area (Å²) < 4.78 is 36.8. The fourth-order valence-electron chi connectivity index (χ4n) is 7.03. The predicted octanol–water partition coefficient (Wildman–Crippen LogP) is 9.85. The van der Waals surface area contributed by atoms with Gasteiger partial charge in [-0.1, -0.05) is 136 Å². The SMILES string of the molecule is C=C[C@H](O)[C@@H](OCc1ccccc1)[C@H](OCc1ccccc1)[C@@H](CCCCCCCCCC1(CCCOCc2ccccc2)OCCO1)NC(=O)OC(C)(C)C. The number of alkyl carbamates (subject to hydrolysis) is 1. The zero-order valence-electron chi connectivity index (χ0n) is 34.1. The Hall–Kier alpha value is -3.57. The van der Waals surface area contributed by atoms with Gasteiger partial charge >= 0.3 is 6.09 Å². The van der Waals surface area contributed by atoms with Crippen molar-refractivity contribution in [3.8, 4) is 0 Å². The topological polar surface area (TPSA) is 105 Å². The molecule has 0 unspecified atom stereocenters. The zero-order chi connectivity index (χ0) is 39.9. The van der Waals surface area contributed by atoms with Crippen LogP contribution in [0.4, 0.5) is 4.79 Å². The number of hydrogen-bond donors (Lipinski definition) is 2. The summed E-state index contributed by atoms with van der Waals surface area (Å²) in [6.07, 6.45) is 9.07. The van der Waals surface area contributed by atoms with E-state index in [0.29, 0.717) is 32.8 Å². The number of nitrogens with one attached hydrogen (secondary N) is 1. The van der Waals surface area contributed by atoms with Gasteiger partial charge in [0.1, 0.15) is 23.9 Å². The largest absolute Gasteiger partial charge is 0.444 e. The minimum absolute atomic E-state index is 0.267. The van der Waals surface area contributed by atoms with Gasteiger partial charge in [0.25, 0.3) is 0 Å². The number of rotatable bonds is 27. The number of aliphatic hydroxyl groups is 1. The Kier molecular flexibility index (Phi) is 20.1. The van der Waals surface area contributed by atoms with Gasteiger partial charge < -0.3 is 38.8 Å². The van der Waals surface area contributed by atoms with E-state index in [4.69, 9.17) is 28.4 Å². The first-order valence-corrected chi connectivity index (χ1v) is 20.7. The van der Waals surface area contributed by atoms with Crippen molar-refractivity contribution in [2.75, 3.05) is 19.8 Å². The first-order chi connectivity index (χ1) is 27.2. The molecule has 1 aliphatic heterocycles. The molecule has 0 radical (unpaired) electrons. The molecule has 1 fully saturated rings. The van der Waals surface area contributed by atoms with E-state index >= 15 is 0 Å². The smallest absolute Gasteiger partial charge is 0.407 e. The molecule has 308 valence electrons. The molecule has 4 atom stereocenters. The number of amides is 1. The minimum Gasteiger partial charge on any atom is -0.444 e. The number of aliphatic hydroxyl groups excluding tert-OH is 1. The summed E-state index contributed by atoms with van der Waals surface area (Å²) in [5.41, 5.74) is 2.46. The molecule has 9 nitrogen and oxygen atoms in total. The van der Waals surface area contributed by atoms with Crippen molar-refractivity contribution >= 4 is 6.09 Å². The average Bonchev–Trinajstić information content (AvgIpc) is 3.66. The van der Waals surface area contributed by atoms with Crippen molar-refractivity contribution in [3.05, 3.63) is 120 Å². The van der Waals surface area contributed by atoms with Crippen LogP contribution in [0, 0.1) is 0 Å². The van der Waals surface area contributed by atoms with Crippen molar-refractivity contribution in [1.29, 1.82) is 0 Å². The van der Waals surface area contributed by atoms with E-state index in [9.17, 15) is 9.90 Å². The lowest BCUT2D eigenvalue weighted by atomic mass is 9.95. The quantitative estimate of drug-likeness (QED) is 0.0583. The molecule has 3 aromatic carbocycles. The van der Waals surface area contributed by atoms with Crippen molar-refractivity contribution in [1.82, 2.24) is 5.32 Å². The average molecular weight is 774 g/mol. The van der Waals surface area contributed by atoms with Gasteiger partial charge in [0.2, 0.25) is 0 Å². The maximum Gasteiger partial charge on any atom is 0.407 e. The Morgan fingerprint density at radius 1 is 0.732 bits per heavy atom. The maximum atomic E-state index is 13.2. The number of unbranched alkanes of at least 4 members (excludes halogenated alkanes) is 6. The van der Waals surface area contributed by atoms with Crippen LogP contribution in [0.15, 0.2) is 104 Å². The van der Waals surface area contributed by atoms with Gasteiger partial charge in [0.15, 0.2) is 5.79 Å². The van der Waals surface area contributed by atoms with Crippen molar-refractivity contribution in [3.63, 3.8) is 0 Å². The van der Waals surface area contributed by atoms with Crippen molar-refractivity contribution < 1.29 is 38.3 Å². The van der Waals surface area contributed by atoms with Crippen LogP contribution in [-0.2, 0) is 48.2 Å². The number of ether oxygens (including phenoxy) is 6. The van der Waals surface area contributed by atoms with E-state index in [1.165, 1.54) is 11.6 Å². The molecule has 56 heavy (non-hydrogen) atoms. The Morgan fingerprint density at radius 3 is 1.75 bits per heavy atom. The van der Waals surface area contributed by atoms with E-state index in [2.05, 4.69) is 24.0 Å². The third kappa shape index (κ3) is 17.3. The monoisotopic (exact) mass is 773 g/mol. The molecule has 4 rings (SSSR count). The Labute approximate surface area is 336 Å². The van der Waals surface area contributed by atoms with Gasteiger partial charge in [-0.15, -0.1) is 6.58 Å². The van der Waals surface area contributed by atoms with E-state index in [-0.39, 0.29) is 13.2 Å². The van der Waals surface area contributed by atoms with E-state index in [1.54, 1.807) is 0 Å². The molecule has 1 heterocycles. The number of carbonyl (C=O) groups excluding carboxylic acids is 1. The van der Waals surface area contributed by atoms with Crippen LogP contribution < -0.4 is 5.32 Å². The fraction of sp³-hybridized carbons (Fsp3) is 0.553. The van der Waals surface area contributed by atoms with Gasteiger partial charge in [-0.2, -0.15) is 0 Å². The highest BCUT2D eigenvalue weighted by molar-refractivity contribution is 5.68. The molecule has 0 bridgehead atoms. The summed E-state index contributed by atoms with van der Waals surface area (Å²) >= 11 is 0. The highest BCUT2D eigenvalue weighted by Crippen LogP contribution is 2.31. The second-order valence-corrected chi connectivity index (χ2v) is 15.8. The van der Waals surface area contributed by atoms with Gasteiger partial charge in [-0.25, -0.2) is 4.79 Å². The van der Waals surface area contributed by atoms with Crippen molar-refractivity contribution in [2.45, 2.75) is 147 Å². The number of carbonyl (C=O) groups is 1. The molecule has 1 saturated heterocycles. The fourth-order valence-corrected chi connectivity index (χ4v) is 7.03. The van der Waals surface area contributed by atoms with Gasteiger partial charge in [0, 0.05) is 19.4 Å². The lowest BCUT2D eigenvalue weighted by Gasteiger charge is -2.36. The van der Waals surface area contributed by atoms with Crippen LogP contribution in [0.5, 0.6) is 0 Å². The molecule has 0 aromatic heterocycles. The predicted molar refractivity (Wildman–Crippen MR) is 221 cm³/mol. The maximum absolute atomic E-state index is 13.2. The molecule has 2 N–H and O–H groups in total. The number of hydrogen-bond acceptors (Lipinski definition) is 8. The highest BCUT2D eigenvalue weighted by Gasteiger charge is 2.37. The second kappa shape index (κ2) is 24.9. The van der Waals surface area contributed by atoms with Crippen LogP contribution in [-0.4, -0.2) is 66.8 Å². The van der Waals surface area contributed by atoms with Crippen LogP contribution in [0.1, 0.15) is 108 Å². The Balaban J connectivity index is 1.28. The molecular weight excluding hydrogens is 707 g/mol. The highest BCUT2D eigenvalue weighted by atomic mass is 16.7. The molecular formula is C47H67NO8. The van der Waals surface area contributed by atoms with Crippen LogP contribution in [0.2, 0.25) is 0 Å². The van der Waals surface area contributed by atoms with E-state index < -0.39 is 41.8 Å².